The average molecular weight is 406 g/mol. The Balaban J connectivity index is 3.13. The molecule has 0 aliphatic heterocycles. The van der Waals surface area contributed by atoms with E-state index in [1.54, 1.807) is 0 Å². The Hall–Kier alpha value is -2.90. The first-order valence-corrected chi connectivity index (χ1v) is 9.50. The molecular formula is C21H30N2O6. The van der Waals surface area contributed by atoms with Crippen molar-refractivity contribution < 1.29 is 28.7 Å². The number of nitrogens with one attached hydrogen (secondary N) is 2. The third kappa shape index (κ3) is 8.76. The monoisotopic (exact) mass is 406 g/mol. The van der Waals surface area contributed by atoms with Crippen molar-refractivity contribution in [1.82, 2.24) is 10.6 Å². The summed E-state index contributed by atoms with van der Waals surface area (Å²) in [7, 11) is 1.24. The fourth-order valence-corrected chi connectivity index (χ4v) is 2.94. The summed E-state index contributed by atoms with van der Waals surface area (Å²) in [6.07, 6.45) is -0.691. The summed E-state index contributed by atoms with van der Waals surface area (Å²) >= 11 is 0. The summed E-state index contributed by atoms with van der Waals surface area (Å²) in [5.41, 5.74) is 0.850. The molecule has 0 bridgehead atoms. The van der Waals surface area contributed by atoms with Crippen LogP contribution in [0, 0.1) is 5.92 Å². The predicted octanol–water partition coefficient (Wildman–Crippen LogP) is 1.37. The van der Waals surface area contributed by atoms with Gasteiger partial charge in [0.25, 0.3) is 5.91 Å². The summed E-state index contributed by atoms with van der Waals surface area (Å²) in [4.78, 5) is 48.4. The fourth-order valence-electron chi connectivity index (χ4n) is 2.94. The van der Waals surface area contributed by atoms with E-state index < -0.39 is 36.0 Å². The Kier molecular flexibility index (Phi) is 9.85. The van der Waals surface area contributed by atoms with Crippen LogP contribution < -0.4 is 10.6 Å². The van der Waals surface area contributed by atoms with Crippen molar-refractivity contribution >= 4 is 23.8 Å². The Bertz CT molecular complexity index is 704. The van der Waals surface area contributed by atoms with E-state index in [-0.39, 0.29) is 18.2 Å². The molecule has 0 aliphatic carbocycles. The lowest BCUT2D eigenvalue weighted by Crippen LogP contribution is -2.56. The second kappa shape index (κ2) is 11.8. The molecule has 0 fully saturated rings. The molecule has 160 valence electrons. The van der Waals surface area contributed by atoms with E-state index in [2.05, 4.69) is 10.6 Å². The molecule has 1 aromatic carbocycles. The van der Waals surface area contributed by atoms with Gasteiger partial charge in [0.1, 0.15) is 6.04 Å². The number of rotatable bonds is 10. The van der Waals surface area contributed by atoms with Gasteiger partial charge in [0.2, 0.25) is 5.91 Å². The number of benzene rings is 1. The highest BCUT2D eigenvalue weighted by molar-refractivity contribution is 5.89. The van der Waals surface area contributed by atoms with Gasteiger partial charge in [0.15, 0.2) is 6.10 Å². The maximum absolute atomic E-state index is 13.0. The third-order valence-electron chi connectivity index (χ3n) is 4.11. The molecule has 8 heteroatoms. The van der Waals surface area contributed by atoms with Gasteiger partial charge in [-0.25, -0.2) is 4.79 Å². The molecule has 1 unspecified atom stereocenters. The first-order valence-electron chi connectivity index (χ1n) is 9.50. The lowest BCUT2D eigenvalue weighted by atomic mass is 9.99. The number of hydrogen-bond acceptors (Lipinski definition) is 6. The summed E-state index contributed by atoms with van der Waals surface area (Å²) < 4.78 is 10.0. The number of carbonyl (C=O) groups excluding carboxylic acids is 4. The highest BCUT2D eigenvalue weighted by atomic mass is 16.5. The number of carbonyl (C=O) groups is 4. The van der Waals surface area contributed by atoms with Gasteiger partial charge >= 0.3 is 11.9 Å². The van der Waals surface area contributed by atoms with Crippen molar-refractivity contribution in [2.24, 2.45) is 5.92 Å². The van der Waals surface area contributed by atoms with Crippen LogP contribution in [0.4, 0.5) is 0 Å². The number of amides is 2. The van der Waals surface area contributed by atoms with Crippen LogP contribution in [0.5, 0.6) is 0 Å². The summed E-state index contributed by atoms with van der Waals surface area (Å²) in [6, 6.07) is 7.49. The number of esters is 2. The van der Waals surface area contributed by atoms with Gasteiger partial charge < -0.3 is 20.1 Å². The van der Waals surface area contributed by atoms with Crippen LogP contribution in [-0.2, 0) is 35.1 Å². The lowest BCUT2D eigenvalue weighted by Gasteiger charge is -2.28. The minimum absolute atomic E-state index is 0.113. The van der Waals surface area contributed by atoms with Gasteiger partial charge in [0, 0.05) is 13.8 Å². The minimum atomic E-state index is -1.31. The molecule has 8 nitrogen and oxygen atoms in total. The highest BCUT2D eigenvalue weighted by Crippen LogP contribution is 2.12. The molecule has 0 radical (unpaired) electrons. The summed E-state index contributed by atoms with van der Waals surface area (Å²) in [5, 5.41) is 5.28. The molecule has 2 amide bonds. The van der Waals surface area contributed by atoms with Crippen molar-refractivity contribution in [2.75, 3.05) is 7.11 Å². The molecular weight excluding hydrogens is 376 g/mol. The molecule has 0 saturated heterocycles. The van der Waals surface area contributed by atoms with Gasteiger partial charge in [-0.15, -0.1) is 0 Å². The van der Waals surface area contributed by atoms with Crippen LogP contribution in [0.3, 0.4) is 0 Å². The molecule has 0 heterocycles. The van der Waals surface area contributed by atoms with Crippen LogP contribution in [0.2, 0.25) is 0 Å². The minimum Gasteiger partial charge on any atom is -0.467 e. The molecule has 29 heavy (non-hydrogen) atoms. The van der Waals surface area contributed by atoms with Crippen molar-refractivity contribution in [1.29, 1.82) is 0 Å². The van der Waals surface area contributed by atoms with Crippen LogP contribution in [0.15, 0.2) is 30.3 Å². The highest BCUT2D eigenvalue weighted by Gasteiger charge is 2.35. The maximum Gasteiger partial charge on any atom is 0.328 e. The normalized spacial score (nSPS) is 13.7. The largest absolute Gasteiger partial charge is 0.467 e. The van der Waals surface area contributed by atoms with Crippen molar-refractivity contribution in [3.05, 3.63) is 35.9 Å². The number of ether oxygens (including phenoxy) is 2. The Morgan fingerprint density at radius 2 is 1.62 bits per heavy atom. The van der Waals surface area contributed by atoms with Gasteiger partial charge in [-0.3, -0.25) is 14.4 Å². The van der Waals surface area contributed by atoms with E-state index in [9.17, 15) is 19.2 Å². The zero-order chi connectivity index (χ0) is 22.0. The molecule has 1 rings (SSSR count). The summed E-state index contributed by atoms with van der Waals surface area (Å²) in [6.45, 7) is 6.30. The van der Waals surface area contributed by atoms with Crippen molar-refractivity contribution in [2.45, 2.75) is 58.7 Å². The van der Waals surface area contributed by atoms with E-state index in [1.165, 1.54) is 21.0 Å². The SMILES string of the molecule is COC(=O)C(CC(C)C)NC(=O)[C@@H](OC(C)=O)[C@@H](Cc1ccccc1)NC(C)=O. The van der Waals surface area contributed by atoms with Crippen LogP contribution >= 0.6 is 0 Å². The topological polar surface area (TPSA) is 111 Å². The van der Waals surface area contributed by atoms with E-state index in [1.807, 2.05) is 44.2 Å². The van der Waals surface area contributed by atoms with Crippen LogP contribution in [-0.4, -0.2) is 49.1 Å². The second-order valence-electron chi connectivity index (χ2n) is 7.24. The van der Waals surface area contributed by atoms with Crippen LogP contribution in [0.1, 0.15) is 39.7 Å². The van der Waals surface area contributed by atoms with E-state index in [4.69, 9.17) is 9.47 Å². The maximum atomic E-state index is 13.0. The molecule has 0 saturated carbocycles. The molecule has 3 atom stereocenters. The average Bonchev–Trinajstić information content (AvgIpc) is 2.64. The molecule has 2 N–H and O–H groups in total. The molecule has 1 aromatic rings. The second-order valence-corrected chi connectivity index (χ2v) is 7.24. The first-order chi connectivity index (χ1) is 13.6. The Morgan fingerprint density at radius 3 is 2.10 bits per heavy atom. The lowest BCUT2D eigenvalue weighted by molar-refractivity contribution is -0.158. The number of methoxy groups -OCH3 is 1. The first kappa shape index (κ1) is 24.1. The summed E-state index contributed by atoms with van der Waals surface area (Å²) in [5.74, 6) is -2.20. The van der Waals surface area contributed by atoms with E-state index in [0.717, 1.165) is 5.56 Å². The zero-order valence-corrected chi connectivity index (χ0v) is 17.6. The zero-order valence-electron chi connectivity index (χ0n) is 17.6. The Morgan fingerprint density at radius 1 is 1.00 bits per heavy atom. The quantitative estimate of drug-likeness (QED) is 0.568. The van der Waals surface area contributed by atoms with Gasteiger partial charge in [0.05, 0.1) is 13.2 Å². The standard InChI is InChI=1S/C21H30N2O6/c1-13(2)11-18(21(27)28-5)23-20(26)19(29-15(4)25)17(22-14(3)24)12-16-9-7-6-8-10-16/h6-10,13,17-19H,11-12H2,1-5H3,(H,22,24)(H,23,26)/t17-,18?,19+/m1/s1. The molecule has 0 aromatic heterocycles. The van der Waals surface area contributed by atoms with Gasteiger partial charge in [-0.2, -0.15) is 0 Å². The predicted molar refractivity (Wildman–Crippen MR) is 107 cm³/mol. The van der Waals surface area contributed by atoms with E-state index >= 15 is 0 Å². The van der Waals surface area contributed by atoms with Crippen molar-refractivity contribution in [3.63, 3.8) is 0 Å². The van der Waals surface area contributed by atoms with Crippen molar-refractivity contribution in [3.8, 4) is 0 Å². The third-order valence-corrected chi connectivity index (χ3v) is 4.11. The van der Waals surface area contributed by atoms with Gasteiger partial charge in [-0.1, -0.05) is 44.2 Å². The molecule has 0 spiro atoms. The fraction of sp³-hybridized carbons (Fsp3) is 0.524. The van der Waals surface area contributed by atoms with Gasteiger partial charge in [-0.05, 0) is 24.3 Å². The Labute approximate surface area is 171 Å². The van der Waals surface area contributed by atoms with E-state index in [0.29, 0.717) is 6.42 Å². The smallest absolute Gasteiger partial charge is 0.328 e. The van der Waals surface area contributed by atoms with Crippen LogP contribution in [0.25, 0.3) is 0 Å². The number of hydrogen-bond donors (Lipinski definition) is 2. The molecule has 0 aliphatic rings.